The van der Waals surface area contributed by atoms with E-state index >= 15 is 8.78 Å². The Balaban J connectivity index is 1.66. The van der Waals surface area contributed by atoms with Crippen molar-refractivity contribution in [3.63, 3.8) is 0 Å². The van der Waals surface area contributed by atoms with Crippen LogP contribution >= 0.6 is 0 Å². The third kappa shape index (κ3) is 5.99. The number of carbonyl (C=O) groups excluding carboxylic acids is 2. The average molecular weight is 726 g/mol. The van der Waals surface area contributed by atoms with Crippen LogP contribution in [-0.2, 0) is 13.1 Å². The highest BCUT2D eigenvalue weighted by molar-refractivity contribution is 6.06. The second-order valence-electron chi connectivity index (χ2n) is 11.4. The van der Waals surface area contributed by atoms with Crippen molar-refractivity contribution in [1.29, 1.82) is 0 Å². The molecule has 0 saturated heterocycles. The molecule has 0 aliphatic carbocycles. The minimum atomic E-state index is -0.781. The van der Waals surface area contributed by atoms with E-state index in [0.29, 0.717) is 11.0 Å². The number of amides is 2. The van der Waals surface area contributed by atoms with E-state index in [2.05, 4.69) is 15.7 Å². The van der Waals surface area contributed by atoms with Gasteiger partial charge in [0, 0.05) is 24.2 Å². The van der Waals surface area contributed by atoms with Gasteiger partial charge in [-0.1, -0.05) is 24.3 Å². The van der Waals surface area contributed by atoms with Gasteiger partial charge in [-0.15, -0.1) is 5.10 Å². The van der Waals surface area contributed by atoms with E-state index in [-0.39, 0.29) is 92.3 Å². The van der Waals surface area contributed by atoms with Crippen LogP contribution in [0.1, 0.15) is 31.8 Å². The Morgan fingerprint density at radius 1 is 0.698 bits per heavy atom. The van der Waals surface area contributed by atoms with Gasteiger partial charge in [0.05, 0.1) is 47.5 Å². The highest BCUT2D eigenvalue weighted by Gasteiger charge is 2.28. The lowest BCUT2D eigenvalue weighted by molar-refractivity contribution is 0.0989. The van der Waals surface area contributed by atoms with Crippen molar-refractivity contribution in [3.05, 3.63) is 94.6 Å². The molecular formula is C34H33F2N13O4. The molecule has 6 aromatic rings. The van der Waals surface area contributed by atoms with Crippen molar-refractivity contribution in [1.82, 2.24) is 24.6 Å². The molecule has 0 radical (unpaired) electrons. The molecule has 0 unspecified atom stereocenters. The van der Waals surface area contributed by atoms with Gasteiger partial charge >= 0.3 is 0 Å². The van der Waals surface area contributed by atoms with Crippen molar-refractivity contribution in [2.24, 2.45) is 44.8 Å². The van der Waals surface area contributed by atoms with Crippen LogP contribution in [-0.4, -0.2) is 56.8 Å². The number of methoxy groups -OCH3 is 2. The Bertz CT molecular complexity index is 2510. The molecule has 0 fully saturated rings. The number of amidine groups is 2. The summed E-state index contributed by atoms with van der Waals surface area (Å²) in [7, 11) is 2.68. The minimum absolute atomic E-state index is 0.00554. The Morgan fingerprint density at radius 2 is 1.13 bits per heavy atom. The number of hydrogen-bond acceptors (Lipinski definition) is 11. The number of primary amides is 2. The topological polar surface area (TPSA) is 281 Å². The zero-order valence-corrected chi connectivity index (χ0v) is 28.2. The summed E-state index contributed by atoms with van der Waals surface area (Å²) >= 11 is 0. The molecule has 0 saturated carbocycles. The van der Waals surface area contributed by atoms with Crippen molar-refractivity contribution >= 4 is 45.6 Å². The largest absolute Gasteiger partial charge is 0.494 e. The second-order valence-corrected chi connectivity index (χ2v) is 11.4. The molecule has 13 N–H and O–H groups in total. The molecule has 2 heterocycles. The van der Waals surface area contributed by atoms with E-state index in [1.165, 1.54) is 62.8 Å². The van der Waals surface area contributed by atoms with Crippen LogP contribution in [0, 0.1) is 11.6 Å². The Kier molecular flexibility index (Phi) is 9.49. The minimum Gasteiger partial charge on any atom is -0.494 e. The normalized spacial score (nSPS) is 12.0. The van der Waals surface area contributed by atoms with E-state index in [1.54, 1.807) is 21.3 Å². The summed E-state index contributed by atoms with van der Waals surface area (Å²) in [6.07, 6.45) is 0. The van der Waals surface area contributed by atoms with Crippen LogP contribution in [0.25, 0.3) is 44.8 Å². The van der Waals surface area contributed by atoms with Crippen molar-refractivity contribution in [2.75, 3.05) is 14.2 Å². The number of halogens is 2. The number of nitrogens with zero attached hydrogens (tertiary/aromatic N) is 6. The molecule has 2 aromatic heterocycles. The molecule has 4 aromatic carbocycles. The molecule has 0 atom stereocenters. The molecule has 0 spiro atoms. The smallest absolute Gasteiger partial charge is 0.252 e. The van der Waals surface area contributed by atoms with Gasteiger partial charge in [-0.05, 0) is 36.4 Å². The monoisotopic (exact) mass is 725 g/mol. The summed E-state index contributed by atoms with van der Waals surface area (Å²) in [4.78, 5) is 34.2. The molecule has 53 heavy (non-hydrogen) atoms. The van der Waals surface area contributed by atoms with Gasteiger partial charge in [-0.3, -0.25) is 9.59 Å². The van der Waals surface area contributed by atoms with Gasteiger partial charge < -0.3 is 47.4 Å². The highest BCUT2D eigenvalue weighted by atomic mass is 19.1. The number of nitrogens with one attached hydrogen (secondary N) is 1. The zero-order chi connectivity index (χ0) is 38.1. The summed E-state index contributed by atoms with van der Waals surface area (Å²) in [6.45, 7) is -0.0120. The first kappa shape index (κ1) is 35.5. The summed E-state index contributed by atoms with van der Waals surface area (Å²) in [6, 6.07) is 14.4. The maximum atomic E-state index is 16.0. The van der Waals surface area contributed by atoms with Gasteiger partial charge in [-0.2, -0.15) is 5.10 Å². The SMILES string of the molecule is COc1c(C(N)=O)ccc2c1nc(-c1c(F)cccc1/C(N)=N/N)n2CCn1c(-c2c(F)cccc2/C(N)=N/NN)nc2c(OC)c(C(N)=O)ccc21. The van der Waals surface area contributed by atoms with Crippen molar-refractivity contribution in [2.45, 2.75) is 13.1 Å². The number of benzene rings is 4. The Morgan fingerprint density at radius 3 is 1.51 bits per heavy atom. The van der Waals surface area contributed by atoms with Crippen LogP contribution in [0.3, 0.4) is 0 Å². The zero-order valence-electron chi connectivity index (χ0n) is 28.2. The second kappa shape index (κ2) is 14.2. The predicted octanol–water partition coefficient (Wildman–Crippen LogP) is 1.58. The van der Waals surface area contributed by atoms with Crippen LogP contribution in [0.2, 0.25) is 0 Å². The number of hydrazone groups is 2. The number of imidazole rings is 2. The Hall–Kier alpha value is -7.28. The first-order chi connectivity index (χ1) is 25.5. The van der Waals surface area contributed by atoms with Gasteiger partial charge in [0.15, 0.2) is 23.2 Å². The standard InChI is InChI=1S/C34H33F2N13O4/c1-52-27-17(31(39)50)9-11-21-25(27)43-33(23-15(29(37)45-41)5-3-7-19(23)35)48(21)13-14-49-22-12-10-18(32(40)51)28(53-2)26(22)44-34(49)24-16(30(38)46-47-42)6-4-8-20(24)36/h3-12,47H,13-14,41-42H2,1-2H3,(H2,37,45)(H2,38,46)(H2,39,50)(H2,40,51). The van der Waals surface area contributed by atoms with Gasteiger partial charge in [-0.25, -0.2) is 30.1 Å². The van der Waals surface area contributed by atoms with E-state index in [4.69, 9.17) is 54.1 Å². The molecule has 17 nitrogen and oxygen atoms in total. The van der Waals surface area contributed by atoms with Crippen molar-refractivity contribution < 1.29 is 27.8 Å². The van der Waals surface area contributed by atoms with Gasteiger partial charge in [0.1, 0.15) is 34.3 Å². The number of ether oxygens (including phenoxy) is 2. The molecule has 2 amide bonds. The third-order valence-electron chi connectivity index (χ3n) is 8.59. The predicted molar refractivity (Wildman–Crippen MR) is 193 cm³/mol. The summed E-state index contributed by atoms with van der Waals surface area (Å²) < 4.78 is 46.3. The Labute approximate surface area is 298 Å². The number of aryl methyl sites for hydroxylation is 2. The number of nitrogens with two attached hydrogens (primary N) is 6. The van der Waals surface area contributed by atoms with E-state index in [9.17, 15) is 9.59 Å². The molecule has 0 aliphatic rings. The summed E-state index contributed by atoms with van der Waals surface area (Å²) in [5.41, 5.74) is 27.1. The summed E-state index contributed by atoms with van der Waals surface area (Å²) in [5, 5.41) is 7.39. The molecule has 0 bridgehead atoms. The lowest BCUT2D eigenvalue weighted by atomic mass is 10.0. The van der Waals surface area contributed by atoms with Crippen LogP contribution < -0.4 is 49.6 Å². The number of aromatic nitrogens is 4. The maximum absolute atomic E-state index is 16.0. The molecule has 19 heteroatoms. The van der Waals surface area contributed by atoms with Crippen molar-refractivity contribution in [3.8, 4) is 34.3 Å². The van der Waals surface area contributed by atoms with E-state index < -0.39 is 23.4 Å². The third-order valence-corrected chi connectivity index (χ3v) is 8.59. The van der Waals surface area contributed by atoms with Crippen LogP contribution in [0.5, 0.6) is 11.5 Å². The lowest BCUT2D eigenvalue weighted by Crippen LogP contribution is -2.24. The first-order valence-corrected chi connectivity index (χ1v) is 15.6. The molecule has 6 rings (SSSR count). The van der Waals surface area contributed by atoms with Gasteiger partial charge in [0.2, 0.25) is 0 Å². The van der Waals surface area contributed by atoms with Crippen LogP contribution in [0.4, 0.5) is 8.78 Å². The number of fused-ring (bicyclic) bond motifs is 2. The number of carbonyl (C=O) groups is 2. The average Bonchev–Trinajstić information content (AvgIpc) is 3.70. The number of rotatable bonds is 12. The van der Waals surface area contributed by atoms with E-state index in [0.717, 1.165) is 0 Å². The first-order valence-electron chi connectivity index (χ1n) is 15.6. The fourth-order valence-electron chi connectivity index (χ4n) is 6.30. The molecular weight excluding hydrogens is 692 g/mol. The van der Waals surface area contributed by atoms with Gasteiger partial charge in [0.25, 0.3) is 11.8 Å². The number of hydrogen-bond donors (Lipinski definition) is 7. The quantitative estimate of drug-likeness (QED) is 0.0411. The fraction of sp³-hybridized carbons (Fsp3) is 0.118. The lowest BCUT2D eigenvalue weighted by Gasteiger charge is -2.16. The highest BCUT2D eigenvalue weighted by Crippen LogP contribution is 2.38. The van der Waals surface area contributed by atoms with E-state index in [1.807, 2.05) is 0 Å². The molecule has 0 aliphatic heterocycles. The summed E-state index contributed by atoms with van der Waals surface area (Å²) in [5.74, 6) is 7.77. The van der Waals surface area contributed by atoms with Crippen LogP contribution in [0.15, 0.2) is 70.9 Å². The number of hydrazine groups is 1. The fourth-order valence-corrected chi connectivity index (χ4v) is 6.30. The maximum Gasteiger partial charge on any atom is 0.252 e. The molecule has 272 valence electrons.